The Morgan fingerprint density at radius 3 is 2.71 bits per heavy atom. The summed E-state index contributed by atoms with van der Waals surface area (Å²) in [6.45, 7) is 10.1. The molecule has 0 aliphatic rings. The van der Waals surface area contributed by atoms with Gasteiger partial charge in [0.15, 0.2) is 0 Å². The van der Waals surface area contributed by atoms with Crippen molar-refractivity contribution < 1.29 is 0 Å². The van der Waals surface area contributed by atoms with Gasteiger partial charge in [-0.1, -0.05) is 43.7 Å². The molecule has 0 saturated heterocycles. The molecule has 0 heterocycles. The van der Waals surface area contributed by atoms with Crippen molar-refractivity contribution in [3.8, 4) is 0 Å². The molecular formula is C15H25NS. The van der Waals surface area contributed by atoms with Crippen LogP contribution in [-0.4, -0.2) is 17.8 Å². The van der Waals surface area contributed by atoms with Crippen LogP contribution in [0.25, 0.3) is 0 Å². The molecule has 0 spiro atoms. The molecule has 0 aliphatic heterocycles. The topological polar surface area (TPSA) is 12.0 Å². The van der Waals surface area contributed by atoms with Gasteiger partial charge in [-0.3, -0.25) is 0 Å². The zero-order valence-electron chi connectivity index (χ0n) is 11.5. The highest BCUT2D eigenvalue weighted by atomic mass is 32.2. The zero-order valence-corrected chi connectivity index (χ0v) is 12.3. The molecule has 0 radical (unpaired) electrons. The third-order valence-electron chi connectivity index (χ3n) is 3.02. The van der Waals surface area contributed by atoms with Crippen LogP contribution in [0.5, 0.6) is 0 Å². The van der Waals surface area contributed by atoms with Crippen LogP contribution < -0.4 is 5.32 Å². The van der Waals surface area contributed by atoms with Crippen molar-refractivity contribution in [3.05, 3.63) is 35.4 Å². The average molecular weight is 251 g/mol. The summed E-state index contributed by atoms with van der Waals surface area (Å²) in [5.41, 5.74) is 2.79. The van der Waals surface area contributed by atoms with E-state index in [1.165, 1.54) is 17.5 Å². The molecule has 0 saturated carbocycles. The Morgan fingerprint density at radius 2 is 2.06 bits per heavy atom. The number of nitrogens with one attached hydrogen (secondary N) is 1. The first-order chi connectivity index (χ1) is 8.13. The van der Waals surface area contributed by atoms with E-state index >= 15 is 0 Å². The quantitative estimate of drug-likeness (QED) is 0.786. The Labute approximate surface area is 110 Å². The summed E-state index contributed by atoms with van der Waals surface area (Å²) in [5, 5.41) is 4.21. The fourth-order valence-electron chi connectivity index (χ4n) is 1.71. The minimum atomic E-state index is 0.588. The van der Waals surface area contributed by atoms with Gasteiger partial charge in [0.25, 0.3) is 0 Å². The van der Waals surface area contributed by atoms with Crippen LogP contribution in [0.1, 0.15) is 38.3 Å². The summed E-state index contributed by atoms with van der Waals surface area (Å²) in [7, 11) is 0. The second-order valence-corrected chi connectivity index (χ2v) is 6.11. The Kier molecular flexibility index (Phi) is 6.68. The van der Waals surface area contributed by atoms with Gasteiger partial charge in [0.1, 0.15) is 0 Å². The number of hydrogen-bond acceptors (Lipinski definition) is 2. The van der Waals surface area contributed by atoms with Crippen LogP contribution in [0.2, 0.25) is 0 Å². The van der Waals surface area contributed by atoms with Crippen molar-refractivity contribution in [3.63, 3.8) is 0 Å². The van der Waals surface area contributed by atoms with Gasteiger partial charge in [-0.25, -0.2) is 0 Å². The lowest BCUT2D eigenvalue weighted by molar-refractivity contribution is 0.542. The van der Waals surface area contributed by atoms with Gasteiger partial charge in [-0.15, -0.1) is 0 Å². The zero-order chi connectivity index (χ0) is 12.7. The molecule has 1 nitrogen and oxygen atoms in total. The van der Waals surface area contributed by atoms with Crippen molar-refractivity contribution in [2.24, 2.45) is 0 Å². The van der Waals surface area contributed by atoms with Crippen LogP contribution in [-0.2, 0) is 5.75 Å². The monoisotopic (exact) mass is 251 g/mol. The van der Waals surface area contributed by atoms with Gasteiger partial charge in [0.2, 0.25) is 0 Å². The van der Waals surface area contributed by atoms with Gasteiger partial charge < -0.3 is 5.32 Å². The largest absolute Gasteiger partial charge is 0.313 e. The Bertz CT molecular complexity index is 324. The van der Waals surface area contributed by atoms with Gasteiger partial charge in [-0.05, 0) is 32.4 Å². The molecule has 1 rings (SSSR count). The standard InChI is InChI=1S/C15H25NS/c1-5-9-16-13(3)14(4)17-11-15-8-6-7-12(2)10-15/h6-8,10,13-14,16H,5,9,11H2,1-4H3. The van der Waals surface area contributed by atoms with Crippen LogP contribution >= 0.6 is 11.8 Å². The van der Waals surface area contributed by atoms with E-state index in [0.29, 0.717) is 11.3 Å². The fourth-order valence-corrected chi connectivity index (χ4v) is 2.73. The van der Waals surface area contributed by atoms with Crippen LogP contribution in [0, 0.1) is 6.92 Å². The number of thioether (sulfide) groups is 1. The van der Waals surface area contributed by atoms with E-state index in [2.05, 4.69) is 57.3 Å². The Hall–Kier alpha value is -0.470. The molecule has 0 bridgehead atoms. The van der Waals surface area contributed by atoms with E-state index in [4.69, 9.17) is 0 Å². The highest BCUT2D eigenvalue weighted by Crippen LogP contribution is 2.20. The van der Waals surface area contributed by atoms with Crippen molar-refractivity contribution in [2.75, 3.05) is 6.54 Å². The maximum atomic E-state index is 3.56. The third kappa shape index (κ3) is 5.60. The smallest absolute Gasteiger partial charge is 0.0187 e. The number of benzene rings is 1. The molecule has 2 heteroatoms. The molecule has 0 fully saturated rings. The highest BCUT2D eigenvalue weighted by Gasteiger charge is 2.11. The lowest BCUT2D eigenvalue weighted by Gasteiger charge is -2.20. The van der Waals surface area contributed by atoms with E-state index in [9.17, 15) is 0 Å². The van der Waals surface area contributed by atoms with E-state index in [1.807, 2.05) is 11.8 Å². The summed E-state index contributed by atoms with van der Waals surface area (Å²) in [4.78, 5) is 0. The Balaban J connectivity index is 2.34. The van der Waals surface area contributed by atoms with Crippen LogP contribution in [0.4, 0.5) is 0 Å². The minimum absolute atomic E-state index is 0.588. The van der Waals surface area contributed by atoms with Crippen molar-refractivity contribution in [1.29, 1.82) is 0 Å². The molecule has 2 unspecified atom stereocenters. The maximum Gasteiger partial charge on any atom is 0.0187 e. The first-order valence-corrected chi connectivity index (χ1v) is 7.59. The summed E-state index contributed by atoms with van der Waals surface area (Å²) in [6.07, 6.45) is 1.21. The van der Waals surface area contributed by atoms with Crippen LogP contribution in [0.15, 0.2) is 24.3 Å². The minimum Gasteiger partial charge on any atom is -0.313 e. The fraction of sp³-hybridized carbons (Fsp3) is 0.600. The molecule has 2 atom stereocenters. The summed E-state index contributed by atoms with van der Waals surface area (Å²) < 4.78 is 0. The summed E-state index contributed by atoms with van der Waals surface area (Å²) in [6, 6.07) is 9.39. The third-order valence-corrected chi connectivity index (χ3v) is 4.45. The van der Waals surface area contributed by atoms with Gasteiger partial charge in [-0.2, -0.15) is 11.8 Å². The van der Waals surface area contributed by atoms with Gasteiger partial charge in [0, 0.05) is 17.0 Å². The first kappa shape index (κ1) is 14.6. The number of rotatable bonds is 7. The van der Waals surface area contributed by atoms with Crippen molar-refractivity contribution in [2.45, 2.75) is 51.2 Å². The lowest BCUT2D eigenvalue weighted by atomic mass is 10.2. The average Bonchev–Trinajstić information content (AvgIpc) is 2.33. The van der Waals surface area contributed by atoms with Crippen molar-refractivity contribution in [1.82, 2.24) is 5.32 Å². The lowest BCUT2D eigenvalue weighted by Crippen LogP contribution is -2.34. The second kappa shape index (κ2) is 7.78. The van der Waals surface area contributed by atoms with E-state index < -0.39 is 0 Å². The van der Waals surface area contributed by atoms with Gasteiger partial charge >= 0.3 is 0 Å². The maximum absolute atomic E-state index is 3.56. The Morgan fingerprint density at radius 1 is 1.29 bits per heavy atom. The summed E-state index contributed by atoms with van der Waals surface area (Å²) >= 11 is 2.03. The normalized spacial score (nSPS) is 14.6. The van der Waals surface area contributed by atoms with E-state index in [1.54, 1.807) is 0 Å². The molecule has 0 amide bonds. The molecule has 1 aromatic carbocycles. The molecule has 0 aliphatic carbocycles. The molecule has 17 heavy (non-hydrogen) atoms. The molecule has 1 N–H and O–H groups in total. The van der Waals surface area contributed by atoms with Crippen LogP contribution in [0.3, 0.4) is 0 Å². The molecule has 1 aromatic rings. The van der Waals surface area contributed by atoms with E-state index in [0.717, 1.165) is 12.3 Å². The van der Waals surface area contributed by atoms with Gasteiger partial charge in [0.05, 0.1) is 0 Å². The number of aryl methyl sites for hydroxylation is 1. The molecular weight excluding hydrogens is 226 g/mol. The number of hydrogen-bond donors (Lipinski definition) is 1. The molecule has 0 aromatic heterocycles. The summed E-state index contributed by atoms with van der Waals surface area (Å²) in [5.74, 6) is 1.11. The van der Waals surface area contributed by atoms with E-state index in [-0.39, 0.29) is 0 Å². The second-order valence-electron chi connectivity index (χ2n) is 4.75. The SMILES string of the molecule is CCCNC(C)C(C)SCc1cccc(C)c1. The highest BCUT2D eigenvalue weighted by molar-refractivity contribution is 7.99. The predicted molar refractivity (Wildman–Crippen MR) is 79.7 cm³/mol. The first-order valence-electron chi connectivity index (χ1n) is 6.54. The predicted octanol–water partition coefficient (Wildman–Crippen LogP) is 4.00. The van der Waals surface area contributed by atoms with Crippen molar-refractivity contribution >= 4 is 11.8 Å². The molecule has 96 valence electrons.